The van der Waals surface area contributed by atoms with Crippen LogP contribution in [0.4, 0.5) is 5.82 Å². The van der Waals surface area contributed by atoms with Crippen LogP contribution in [0.15, 0.2) is 48.8 Å². The normalized spacial score (nSPS) is 19.7. The first-order valence-corrected chi connectivity index (χ1v) is 8.61. The summed E-state index contributed by atoms with van der Waals surface area (Å²) >= 11 is 0. The summed E-state index contributed by atoms with van der Waals surface area (Å²) in [6.45, 7) is 3.27. The number of rotatable bonds is 3. The van der Waals surface area contributed by atoms with Crippen LogP contribution in [0.25, 0.3) is 22.3 Å². The Morgan fingerprint density at radius 3 is 2.81 bits per heavy atom. The van der Waals surface area contributed by atoms with Crippen molar-refractivity contribution in [3.63, 3.8) is 0 Å². The van der Waals surface area contributed by atoms with Gasteiger partial charge in [0, 0.05) is 36.4 Å². The van der Waals surface area contributed by atoms with E-state index >= 15 is 0 Å². The molecule has 1 aromatic carbocycles. The molecule has 3 aromatic rings. The van der Waals surface area contributed by atoms with Crippen molar-refractivity contribution in [3.8, 4) is 11.4 Å². The number of benzene rings is 1. The Labute approximate surface area is 151 Å². The highest BCUT2D eigenvalue weighted by atomic mass is 16.5. The van der Waals surface area contributed by atoms with Gasteiger partial charge in [-0.2, -0.15) is 0 Å². The standard InChI is InChI=1S/C20H20N4O2/c1-20(19(25)26-2)9-11-24(13-20)18-15-7-3-4-8-16(15)22-17(23-18)14-6-5-10-21-12-14/h3-8,10,12H,9,11,13H2,1-2H3. The van der Waals surface area contributed by atoms with E-state index in [-0.39, 0.29) is 5.97 Å². The number of para-hydroxylation sites is 1. The van der Waals surface area contributed by atoms with Crippen LogP contribution in [0.5, 0.6) is 0 Å². The van der Waals surface area contributed by atoms with E-state index in [0.29, 0.717) is 12.4 Å². The predicted molar refractivity (Wildman–Crippen MR) is 99.7 cm³/mol. The van der Waals surface area contributed by atoms with E-state index in [0.717, 1.165) is 35.2 Å². The Hall–Kier alpha value is -3.02. The lowest BCUT2D eigenvalue weighted by Gasteiger charge is -2.23. The van der Waals surface area contributed by atoms with Crippen LogP contribution in [0.1, 0.15) is 13.3 Å². The molecule has 0 N–H and O–H groups in total. The van der Waals surface area contributed by atoms with Crippen LogP contribution in [-0.4, -0.2) is 41.1 Å². The number of anilines is 1. The maximum Gasteiger partial charge on any atom is 0.313 e. The Bertz CT molecular complexity index is 960. The van der Waals surface area contributed by atoms with Crippen LogP contribution in [-0.2, 0) is 9.53 Å². The molecule has 6 nitrogen and oxygen atoms in total. The van der Waals surface area contributed by atoms with E-state index in [1.165, 1.54) is 7.11 Å². The fraction of sp³-hybridized carbons (Fsp3) is 0.300. The van der Waals surface area contributed by atoms with Gasteiger partial charge in [0.05, 0.1) is 18.0 Å². The molecular weight excluding hydrogens is 328 g/mol. The molecule has 1 unspecified atom stereocenters. The lowest BCUT2D eigenvalue weighted by atomic mass is 9.90. The molecule has 0 saturated carbocycles. The summed E-state index contributed by atoms with van der Waals surface area (Å²) in [5, 5.41) is 0.981. The number of pyridine rings is 1. The smallest absolute Gasteiger partial charge is 0.313 e. The van der Waals surface area contributed by atoms with Gasteiger partial charge in [-0.15, -0.1) is 0 Å². The molecule has 2 aromatic heterocycles. The van der Waals surface area contributed by atoms with Crippen LogP contribution >= 0.6 is 0 Å². The van der Waals surface area contributed by atoms with Crippen LogP contribution < -0.4 is 4.90 Å². The average molecular weight is 348 g/mol. The van der Waals surface area contributed by atoms with Crippen LogP contribution in [0.3, 0.4) is 0 Å². The topological polar surface area (TPSA) is 68.2 Å². The van der Waals surface area contributed by atoms with Gasteiger partial charge in [-0.1, -0.05) is 12.1 Å². The van der Waals surface area contributed by atoms with Gasteiger partial charge >= 0.3 is 5.97 Å². The van der Waals surface area contributed by atoms with Crippen molar-refractivity contribution >= 4 is 22.7 Å². The molecule has 0 bridgehead atoms. The van der Waals surface area contributed by atoms with E-state index in [4.69, 9.17) is 14.7 Å². The molecule has 4 rings (SSSR count). The Morgan fingerprint density at radius 1 is 1.19 bits per heavy atom. The summed E-state index contributed by atoms with van der Waals surface area (Å²) in [7, 11) is 1.44. The summed E-state index contributed by atoms with van der Waals surface area (Å²) in [6, 6.07) is 11.8. The summed E-state index contributed by atoms with van der Waals surface area (Å²) in [6.07, 6.45) is 4.23. The van der Waals surface area contributed by atoms with E-state index < -0.39 is 5.41 Å². The lowest BCUT2D eigenvalue weighted by Crippen LogP contribution is -2.33. The van der Waals surface area contributed by atoms with Gasteiger partial charge in [-0.05, 0) is 37.6 Å². The van der Waals surface area contributed by atoms with Gasteiger partial charge in [-0.3, -0.25) is 9.78 Å². The molecule has 1 fully saturated rings. The van der Waals surface area contributed by atoms with Gasteiger partial charge < -0.3 is 9.64 Å². The predicted octanol–water partition coefficient (Wildman–Crippen LogP) is 3.08. The van der Waals surface area contributed by atoms with Crippen molar-refractivity contribution in [2.75, 3.05) is 25.1 Å². The minimum atomic E-state index is -0.519. The number of methoxy groups -OCH3 is 1. The number of fused-ring (bicyclic) bond motifs is 1. The first-order valence-electron chi connectivity index (χ1n) is 8.61. The molecule has 1 atom stereocenters. The minimum Gasteiger partial charge on any atom is -0.469 e. The maximum absolute atomic E-state index is 12.2. The van der Waals surface area contributed by atoms with Gasteiger partial charge in [0.25, 0.3) is 0 Å². The second-order valence-corrected chi connectivity index (χ2v) is 6.85. The fourth-order valence-electron chi connectivity index (χ4n) is 3.48. The second kappa shape index (κ2) is 6.37. The zero-order chi connectivity index (χ0) is 18.1. The monoisotopic (exact) mass is 348 g/mol. The number of carbonyl (C=O) groups is 1. The summed E-state index contributed by atoms with van der Waals surface area (Å²) < 4.78 is 5.00. The fourth-order valence-corrected chi connectivity index (χ4v) is 3.48. The highest BCUT2D eigenvalue weighted by molar-refractivity contribution is 5.91. The molecule has 132 valence electrons. The highest BCUT2D eigenvalue weighted by Gasteiger charge is 2.42. The molecule has 26 heavy (non-hydrogen) atoms. The van der Waals surface area contributed by atoms with Crippen molar-refractivity contribution in [1.82, 2.24) is 15.0 Å². The number of carbonyl (C=O) groups excluding carboxylic acids is 1. The van der Waals surface area contributed by atoms with E-state index in [1.54, 1.807) is 12.4 Å². The highest BCUT2D eigenvalue weighted by Crippen LogP contribution is 2.36. The molecule has 1 saturated heterocycles. The molecule has 1 aliphatic heterocycles. The van der Waals surface area contributed by atoms with Gasteiger partial charge in [0.2, 0.25) is 0 Å². The minimum absolute atomic E-state index is 0.175. The molecule has 0 spiro atoms. The van der Waals surface area contributed by atoms with Crippen LogP contribution in [0.2, 0.25) is 0 Å². The zero-order valence-electron chi connectivity index (χ0n) is 14.8. The first-order chi connectivity index (χ1) is 12.6. The van der Waals surface area contributed by atoms with Crippen LogP contribution in [0, 0.1) is 5.41 Å². The van der Waals surface area contributed by atoms with E-state index in [9.17, 15) is 4.79 Å². The molecular formula is C20H20N4O2. The Kier molecular flexibility index (Phi) is 4.03. The number of nitrogens with zero attached hydrogens (tertiary/aromatic N) is 4. The van der Waals surface area contributed by atoms with Gasteiger partial charge in [0.15, 0.2) is 5.82 Å². The van der Waals surface area contributed by atoms with Crippen molar-refractivity contribution in [2.24, 2.45) is 5.41 Å². The Balaban J connectivity index is 1.81. The zero-order valence-corrected chi connectivity index (χ0v) is 14.8. The third-order valence-corrected chi connectivity index (χ3v) is 4.95. The number of esters is 1. The van der Waals surface area contributed by atoms with Crippen molar-refractivity contribution in [3.05, 3.63) is 48.8 Å². The maximum atomic E-state index is 12.2. The first kappa shape index (κ1) is 16.4. The van der Waals surface area contributed by atoms with E-state index in [2.05, 4.69) is 9.88 Å². The molecule has 1 aliphatic rings. The average Bonchev–Trinajstić information content (AvgIpc) is 3.10. The second-order valence-electron chi connectivity index (χ2n) is 6.85. The number of hydrogen-bond donors (Lipinski definition) is 0. The van der Waals surface area contributed by atoms with E-state index in [1.807, 2.05) is 43.3 Å². The van der Waals surface area contributed by atoms with Crippen molar-refractivity contribution in [2.45, 2.75) is 13.3 Å². The summed E-state index contributed by atoms with van der Waals surface area (Å²) in [5.41, 5.74) is 1.23. The number of hydrogen-bond acceptors (Lipinski definition) is 6. The third kappa shape index (κ3) is 2.77. The third-order valence-electron chi connectivity index (χ3n) is 4.95. The lowest BCUT2D eigenvalue weighted by molar-refractivity contribution is -0.150. The number of aromatic nitrogens is 3. The molecule has 6 heteroatoms. The van der Waals surface area contributed by atoms with Crippen molar-refractivity contribution in [1.29, 1.82) is 0 Å². The van der Waals surface area contributed by atoms with Gasteiger partial charge in [0.1, 0.15) is 5.82 Å². The number of ether oxygens (including phenoxy) is 1. The molecule has 0 amide bonds. The van der Waals surface area contributed by atoms with Gasteiger partial charge in [-0.25, -0.2) is 9.97 Å². The molecule has 3 heterocycles. The molecule has 0 radical (unpaired) electrons. The summed E-state index contributed by atoms with van der Waals surface area (Å²) in [5.74, 6) is 1.31. The van der Waals surface area contributed by atoms with Crippen molar-refractivity contribution < 1.29 is 9.53 Å². The Morgan fingerprint density at radius 2 is 2.04 bits per heavy atom. The SMILES string of the molecule is COC(=O)C1(C)CCN(c2nc(-c3cccnc3)nc3ccccc23)C1. The quantitative estimate of drug-likeness (QED) is 0.678. The molecule has 0 aliphatic carbocycles. The summed E-state index contributed by atoms with van der Waals surface area (Å²) in [4.78, 5) is 28.0. The largest absolute Gasteiger partial charge is 0.469 e.